The maximum atomic E-state index is 8.62. The molecule has 0 bridgehead atoms. The number of rotatable bonds is 1. The molecule has 0 saturated carbocycles. The molecule has 0 N–H and O–H groups in total. The minimum atomic E-state index is 0.430. The zero-order valence-corrected chi connectivity index (χ0v) is 8.31. The topological polar surface area (TPSA) is 49.6 Å². The largest absolute Gasteiger partial charge is 0.264 e. The lowest BCUT2D eigenvalue weighted by Gasteiger charge is -2.01. The van der Waals surface area contributed by atoms with Crippen molar-refractivity contribution in [2.45, 2.75) is 6.92 Å². The fourth-order valence-electron chi connectivity index (χ4n) is 1.34. The van der Waals surface area contributed by atoms with E-state index in [1.807, 2.05) is 25.1 Å². The first-order valence-electron chi connectivity index (χ1n) is 4.58. The van der Waals surface area contributed by atoms with Crippen molar-refractivity contribution >= 4 is 0 Å². The van der Waals surface area contributed by atoms with E-state index in [2.05, 4.69) is 9.97 Å². The molecule has 3 heteroatoms. The lowest BCUT2D eigenvalue weighted by molar-refractivity contribution is 1.24. The lowest BCUT2D eigenvalue weighted by atomic mass is 10.1. The molecular formula is C12H9N3. The average molecular weight is 195 g/mol. The van der Waals surface area contributed by atoms with E-state index >= 15 is 0 Å². The molecule has 2 aromatic rings. The van der Waals surface area contributed by atoms with Crippen LogP contribution >= 0.6 is 0 Å². The van der Waals surface area contributed by atoms with Crippen molar-refractivity contribution < 1.29 is 0 Å². The van der Waals surface area contributed by atoms with Crippen molar-refractivity contribution in [3.8, 4) is 17.2 Å². The highest BCUT2D eigenvalue weighted by Crippen LogP contribution is 2.17. The standard InChI is InChI=1S/C12H9N3/c1-9-4-11(7-14-6-9)10-2-3-12(5-13)15-8-10/h2-4,6-8H,1H3. The Labute approximate surface area is 88.1 Å². The van der Waals surface area contributed by atoms with Gasteiger partial charge in [-0.2, -0.15) is 5.26 Å². The Morgan fingerprint density at radius 2 is 2.00 bits per heavy atom. The van der Waals surface area contributed by atoms with E-state index in [4.69, 9.17) is 5.26 Å². The van der Waals surface area contributed by atoms with Gasteiger partial charge in [0.15, 0.2) is 0 Å². The van der Waals surface area contributed by atoms with Crippen LogP contribution in [0.1, 0.15) is 11.3 Å². The van der Waals surface area contributed by atoms with Crippen molar-refractivity contribution in [1.82, 2.24) is 9.97 Å². The minimum Gasteiger partial charge on any atom is -0.264 e. The molecule has 0 atom stereocenters. The molecule has 0 amide bonds. The van der Waals surface area contributed by atoms with Crippen LogP contribution < -0.4 is 0 Å². The zero-order valence-electron chi connectivity index (χ0n) is 8.31. The molecule has 0 aliphatic rings. The fourth-order valence-corrected chi connectivity index (χ4v) is 1.34. The van der Waals surface area contributed by atoms with Crippen LogP contribution in [0.3, 0.4) is 0 Å². The van der Waals surface area contributed by atoms with Crippen molar-refractivity contribution in [1.29, 1.82) is 5.26 Å². The van der Waals surface area contributed by atoms with E-state index < -0.39 is 0 Å². The summed E-state index contributed by atoms with van der Waals surface area (Å²) in [6.07, 6.45) is 5.28. The van der Waals surface area contributed by atoms with Crippen LogP contribution in [0.25, 0.3) is 11.1 Å². The van der Waals surface area contributed by atoms with Gasteiger partial charge in [-0.15, -0.1) is 0 Å². The average Bonchev–Trinajstić information content (AvgIpc) is 2.29. The molecule has 3 nitrogen and oxygen atoms in total. The summed E-state index contributed by atoms with van der Waals surface area (Å²) in [7, 11) is 0. The highest BCUT2D eigenvalue weighted by molar-refractivity contribution is 5.62. The molecule has 0 aliphatic heterocycles. The van der Waals surface area contributed by atoms with Gasteiger partial charge in [-0.05, 0) is 30.7 Å². The number of hydrogen-bond donors (Lipinski definition) is 0. The Morgan fingerprint density at radius 3 is 2.60 bits per heavy atom. The predicted octanol–water partition coefficient (Wildman–Crippen LogP) is 2.32. The predicted molar refractivity (Wildman–Crippen MR) is 56.9 cm³/mol. The SMILES string of the molecule is Cc1cncc(-c2ccc(C#N)nc2)c1. The van der Waals surface area contributed by atoms with Gasteiger partial charge in [-0.3, -0.25) is 4.98 Å². The Morgan fingerprint density at radius 1 is 1.13 bits per heavy atom. The van der Waals surface area contributed by atoms with Crippen LogP contribution in [-0.2, 0) is 0 Å². The quantitative estimate of drug-likeness (QED) is 0.701. The third-order valence-corrected chi connectivity index (χ3v) is 2.09. The Kier molecular flexibility index (Phi) is 2.42. The number of nitrogens with zero attached hydrogens (tertiary/aromatic N) is 3. The highest BCUT2D eigenvalue weighted by Gasteiger charge is 1.99. The summed E-state index contributed by atoms with van der Waals surface area (Å²) < 4.78 is 0. The number of nitriles is 1. The molecule has 2 heterocycles. The van der Waals surface area contributed by atoms with Gasteiger partial charge < -0.3 is 0 Å². The first-order valence-corrected chi connectivity index (χ1v) is 4.58. The lowest BCUT2D eigenvalue weighted by Crippen LogP contribution is -1.85. The van der Waals surface area contributed by atoms with Crippen LogP contribution in [0.4, 0.5) is 0 Å². The summed E-state index contributed by atoms with van der Waals surface area (Å²) in [5.41, 5.74) is 3.54. The van der Waals surface area contributed by atoms with E-state index in [1.165, 1.54) is 0 Å². The summed E-state index contributed by atoms with van der Waals surface area (Å²) in [6, 6.07) is 7.61. The fraction of sp³-hybridized carbons (Fsp3) is 0.0833. The summed E-state index contributed by atoms with van der Waals surface area (Å²) in [5, 5.41) is 8.62. The second-order valence-electron chi connectivity index (χ2n) is 3.29. The monoisotopic (exact) mass is 195 g/mol. The molecule has 0 aromatic carbocycles. The van der Waals surface area contributed by atoms with Gasteiger partial charge in [0.25, 0.3) is 0 Å². The van der Waals surface area contributed by atoms with E-state index in [0.717, 1.165) is 16.7 Å². The Hall–Kier alpha value is -2.21. The molecule has 0 radical (unpaired) electrons. The third-order valence-electron chi connectivity index (χ3n) is 2.09. The third kappa shape index (κ3) is 2.00. The van der Waals surface area contributed by atoms with Crippen LogP contribution in [0.2, 0.25) is 0 Å². The maximum Gasteiger partial charge on any atom is 0.140 e. The van der Waals surface area contributed by atoms with Crippen molar-refractivity contribution in [2.24, 2.45) is 0 Å². The van der Waals surface area contributed by atoms with Gasteiger partial charge in [0.1, 0.15) is 11.8 Å². The van der Waals surface area contributed by atoms with E-state index in [9.17, 15) is 0 Å². The minimum absolute atomic E-state index is 0.430. The number of aromatic nitrogens is 2. The van der Waals surface area contributed by atoms with Gasteiger partial charge in [-0.1, -0.05) is 0 Å². The molecule has 0 fully saturated rings. The molecule has 2 rings (SSSR count). The highest BCUT2D eigenvalue weighted by atomic mass is 14.7. The van der Waals surface area contributed by atoms with Crippen molar-refractivity contribution in [3.63, 3.8) is 0 Å². The van der Waals surface area contributed by atoms with E-state index in [1.54, 1.807) is 24.7 Å². The second-order valence-corrected chi connectivity index (χ2v) is 3.29. The number of aryl methyl sites for hydroxylation is 1. The molecule has 0 aliphatic carbocycles. The zero-order chi connectivity index (χ0) is 10.7. The number of pyridine rings is 2. The molecule has 0 saturated heterocycles. The molecular weight excluding hydrogens is 186 g/mol. The molecule has 2 aromatic heterocycles. The van der Waals surface area contributed by atoms with Crippen LogP contribution in [0, 0.1) is 18.3 Å². The van der Waals surface area contributed by atoms with Gasteiger partial charge >= 0.3 is 0 Å². The van der Waals surface area contributed by atoms with E-state index in [0.29, 0.717) is 5.69 Å². The molecule has 0 unspecified atom stereocenters. The molecule has 15 heavy (non-hydrogen) atoms. The van der Waals surface area contributed by atoms with E-state index in [-0.39, 0.29) is 0 Å². The summed E-state index contributed by atoms with van der Waals surface area (Å²) in [5.74, 6) is 0. The summed E-state index contributed by atoms with van der Waals surface area (Å²) in [4.78, 5) is 8.12. The first-order chi connectivity index (χ1) is 7.29. The van der Waals surface area contributed by atoms with Gasteiger partial charge in [0.2, 0.25) is 0 Å². The Balaban J connectivity index is 2.42. The summed E-state index contributed by atoms with van der Waals surface area (Å²) >= 11 is 0. The Bertz CT molecular complexity index is 509. The molecule has 0 spiro atoms. The smallest absolute Gasteiger partial charge is 0.140 e. The van der Waals surface area contributed by atoms with Crippen LogP contribution in [0.15, 0.2) is 36.8 Å². The second kappa shape index (κ2) is 3.89. The summed E-state index contributed by atoms with van der Waals surface area (Å²) in [6.45, 7) is 1.99. The normalized spacial score (nSPS) is 9.60. The molecule has 72 valence electrons. The van der Waals surface area contributed by atoms with Crippen molar-refractivity contribution in [2.75, 3.05) is 0 Å². The van der Waals surface area contributed by atoms with Crippen LogP contribution in [0.5, 0.6) is 0 Å². The van der Waals surface area contributed by atoms with Crippen LogP contribution in [-0.4, -0.2) is 9.97 Å². The maximum absolute atomic E-state index is 8.62. The van der Waals surface area contributed by atoms with Gasteiger partial charge in [0, 0.05) is 29.7 Å². The van der Waals surface area contributed by atoms with Gasteiger partial charge in [-0.25, -0.2) is 4.98 Å². The van der Waals surface area contributed by atoms with Gasteiger partial charge in [0.05, 0.1) is 0 Å². The number of hydrogen-bond acceptors (Lipinski definition) is 3. The van der Waals surface area contributed by atoms with Crippen molar-refractivity contribution in [3.05, 3.63) is 48.0 Å². The first kappa shape index (κ1) is 9.35.